The van der Waals surface area contributed by atoms with E-state index in [1.807, 2.05) is 59.2 Å². The van der Waals surface area contributed by atoms with Crippen LogP contribution in [0.1, 0.15) is 25.4 Å². The summed E-state index contributed by atoms with van der Waals surface area (Å²) in [4.78, 5) is 13.7. The van der Waals surface area contributed by atoms with Crippen LogP contribution in [0.3, 0.4) is 0 Å². The minimum absolute atomic E-state index is 0.0687. The molecule has 3 aromatic rings. The Balaban J connectivity index is 1.46. The smallest absolute Gasteiger partial charge is 0.255 e. The van der Waals surface area contributed by atoms with Gasteiger partial charge in [0, 0.05) is 34.2 Å². The van der Waals surface area contributed by atoms with Gasteiger partial charge in [-0.25, -0.2) is 13.1 Å². The molecular formula is C21H20N2O3S4. The van der Waals surface area contributed by atoms with Crippen molar-refractivity contribution in [2.45, 2.75) is 16.0 Å². The van der Waals surface area contributed by atoms with Crippen LogP contribution in [0.5, 0.6) is 0 Å². The highest BCUT2D eigenvalue weighted by Crippen LogP contribution is 2.45. The highest BCUT2D eigenvalue weighted by Gasteiger charge is 2.19. The molecule has 1 fully saturated rings. The number of carbonyl (C=O) groups excluding carboxylic acids is 1. The van der Waals surface area contributed by atoms with E-state index >= 15 is 0 Å². The van der Waals surface area contributed by atoms with Gasteiger partial charge in [-0.15, -0.1) is 34.9 Å². The van der Waals surface area contributed by atoms with Crippen molar-refractivity contribution < 1.29 is 13.2 Å². The number of nitrogens with one attached hydrogen (secondary N) is 2. The van der Waals surface area contributed by atoms with E-state index in [1.54, 1.807) is 12.1 Å². The van der Waals surface area contributed by atoms with Crippen LogP contribution in [0.2, 0.25) is 0 Å². The zero-order valence-electron chi connectivity index (χ0n) is 15.9. The summed E-state index contributed by atoms with van der Waals surface area (Å²) in [6.45, 7) is 0.223. The van der Waals surface area contributed by atoms with Gasteiger partial charge in [-0.1, -0.05) is 24.3 Å². The van der Waals surface area contributed by atoms with E-state index in [2.05, 4.69) is 16.1 Å². The zero-order valence-corrected chi connectivity index (χ0v) is 19.2. The topological polar surface area (TPSA) is 75.3 Å². The van der Waals surface area contributed by atoms with E-state index in [-0.39, 0.29) is 17.3 Å². The van der Waals surface area contributed by atoms with Gasteiger partial charge in [0.05, 0.1) is 9.48 Å². The largest absolute Gasteiger partial charge is 0.322 e. The van der Waals surface area contributed by atoms with Crippen LogP contribution in [-0.4, -0.2) is 25.8 Å². The van der Waals surface area contributed by atoms with Crippen LogP contribution in [0.4, 0.5) is 5.69 Å². The summed E-state index contributed by atoms with van der Waals surface area (Å²) in [6, 6.07) is 17.6. The Kier molecular flexibility index (Phi) is 6.84. The first kappa shape index (κ1) is 21.5. The van der Waals surface area contributed by atoms with Gasteiger partial charge in [0.1, 0.15) is 0 Å². The van der Waals surface area contributed by atoms with E-state index in [0.29, 0.717) is 15.8 Å². The molecule has 2 aromatic carbocycles. The lowest BCUT2D eigenvalue weighted by atomic mass is 10.2. The van der Waals surface area contributed by atoms with Crippen molar-refractivity contribution >= 4 is 56.5 Å². The molecule has 0 aliphatic carbocycles. The van der Waals surface area contributed by atoms with Crippen LogP contribution >= 0.6 is 34.9 Å². The lowest BCUT2D eigenvalue weighted by Gasteiger charge is -2.12. The van der Waals surface area contributed by atoms with Crippen LogP contribution in [0.15, 0.2) is 70.9 Å². The Morgan fingerprint density at radius 2 is 1.80 bits per heavy atom. The zero-order chi connectivity index (χ0) is 21.0. The number of sulfonamides is 1. The molecular weight excluding hydrogens is 457 g/mol. The molecule has 0 spiro atoms. The maximum atomic E-state index is 12.7. The fraction of sp³-hybridized carbons (Fsp3) is 0.190. The van der Waals surface area contributed by atoms with Crippen LogP contribution < -0.4 is 10.0 Å². The van der Waals surface area contributed by atoms with Crippen LogP contribution in [0, 0.1) is 0 Å². The fourth-order valence-electron chi connectivity index (χ4n) is 2.98. The summed E-state index contributed by atoms with van der Waals surface area (Å²) in [5.41, 5.74) is 2.17. The Hall–Kier alpha value is -1.78. The minimum atomic E-state index is -3.71. The maximum absolute atomic E-state index is 12.7. The summed E-state index contributed by atoms with van der Waals surface area (Å²) in [5.74, 6) is 1.93. The van der Waals surface area contributed by atoms with Gasteiger partial charge in [-0.05, 0) is 47.3 Å². The van der Waals surface area contributed by atoms with Crippen LogP contribution in [0.25, 0.3) is 0 Å². The molecule has 0 bridgehead atoms. The summed E-state index contributed by atoms with van der Waals surface area (Å²) in [5, 5.41) is 4.78. The molecule has 9 heteroatoms. The monoisotopic (exact) mass is 476 g/mol. The first-order valence-corrected chi connectivity index (χ1v) is 13.7. The number of thioether (sulfide) groups is 2. The van der Waals surface area contributed by atoms with Crippen LogP contribution in [-0.2, 0) is 16.6 Å². The molecule has 1 saturated heterocycles. The van der Waals surface area contributed by atoms with Crippen molar-refractivity contribution in [2.75, 3.05) is 16.8 Å². The van der Waals surface area contributed by atoms with E-state index in [1.165, 1.54) is 29.0 Å². The summed E-state index contributed by atoms with van der Waals surface area (Å²) in [7, 11) is -3.71. The molecule has 30 heavy (non-hydrogen) atoms. The predicted molar refractivity (Wildman–Crippen MR) is 127 cm³/mol. The van der Waals surface area contributed by atoms with Gasteiger partial charge in [-0.3, -0.25) is 4.79 Å². The third kappa shape index (κ3) is 5.28. The molecule has 2 heterocycles. The number of hydrogen-bond donors (Lipinski definition) is 2. The predicted octanol–water partition coefficient (Wildman–Crippen LogP) is 4.96. The van der Waals surface area contributed by atoms with Gasteiger partial charge < -0.3 is 5.32 Å². The molecule has 1 aromatic heterocycles. The van der Waals surface area contributed by atoms with Crippen molar-refractivity contribution in [3.8, 4) is 0 Å². The molecule has 1 aliphatic heterocycles. The molecule has 4 rings (SSSR count). The Labute approximate surface area is 188 Å². The van der Waals surface area contributed by atoms with Crippen molar-refractivity contribution in [1.82, 2.24) is 4.72 Å². The van der Waals surface area contributed by atoms with E-state index in [0.717, 1.165) is 16.4 Å². The molecule has 0 atom stereocenters. The van der Waals surface area contributed by atoms with Gasteiger partial charge in [0.2, 0.25) is 10.0 Å². The lowest BCUT2D eigenvalue weighted by Crippen LogP contribution is -2.23. The second-order valence-electron chi connectivity index (χ2n) is 6.58. The number of benzene rings is 2. The number of hydrogen-bond acceptors (Lipinski definition) is 6. The van der Waals surface area contributed by atoms with Crippen molar-refractivity contribution in [2.24, 2.45) is 0 Å². The molecule has 156 valence electrons. The standard InChI is InChI=1S/C21H20N2O3S4/c24-20(23-17-6-1-5-16(12-17)21-28-10-11-29-21)15-4-2-8-19(13-15)30(25,26)22-14-18-7-3-9-27-18/h1-9,12-13,21-22H,10-11,14H2,(H,23,24). The highest BCUT2D eigenvalue weighted by atomic mass is 32.2. The summed E-state index contributed by atoms with van der Waals surface area (Å²) >= 11 is 5.29. The Morgan fingerprint density at radius 3 is 2.57 bits per heavy atom. The van der Waals surface area contributed by atoms with E-state index < -0.39 is 10.0 Å². The molecule has 5 nitrogen and oxygen atoms in total. The quantitative estimate of drug-likeness (QED) is 0.504. The maximum Gasteiger partial charge on any atom is 0.255 e. The SMILES string of the molecule is O=C(Nc1cccc(C2SCCS2)c1)c1cccc(S(=O)(=O)NCc2cccs2)c1. The van der Waals surface area contributed by atoms with E-state index in [9.17, 15) is 13.2 Å². The first-order chi connectivity index (χ1) is 14.5. The van der Waals surface area contributed by atoms with Gasteiger partial charge in [-0.2, -0.15) is 0 Å². The molecule has 0 unspecified atom stereocenters. The van der Waals surface area contributed by atoms with Gasteiger partial charge in [0.15, 0.2) is 0 Å². The second-order valence-corrected chi connectivity index (χ2v) is 12.1. The normalized spacial score (nSPS) is 14.7. The second kappa shape index (κ2) is 9.57. The van der Waals surface area contributed by atoms with Crippen molar-refractivity contribution in [1.29, 1.82) is 0 Å². The molecule has 2 N–H and O–H groups in total. The first-order valence-electron chi connectivity index (χ1n) is 9.28. The number of rotatable bonds is 7. The van der Waals surface area contributed by atoms with Gasteiger partial charge in [0.25, 0.3) is 5.91 Å². The number of thiophene rings is 1. The molecule has 1 aliphatic rings. The Morgan fingerprint density at radius 1 is 1.00 bits per heavy atom. The van der Waals surface area contributed by atoms with Crippen molar-refractivity contribution in [3.05, 3.63) is 82.0 Å². The average Bonchev–Trinajstić information content (AvgIpc) is 3.47. The summed E-state index contributed by atoms with van der Waals surface area (Å²) in [6.07, 6.45) is 0. The third-order valence-electron chi connectivity index (χ3n) is 4.46. The van der Waals surface area contributed by atoms with E-state index in [4.69, 9.17) is 0 Å². The minimum Gasteiger partial charge on any atom is -0.322 e. The van der Waals surface area contributed by atoms with Crippen molar-refractivity contribution in [3.63, 3.8) is 0 Å². The number of carbonyl (C=O) groups is 1. The highest BCUT2D eigenvalue weighted by molar-refractivity contribution is 8.19. The van der Waals surface area contributed by atoms with Gasteiger partial charge >= 0.3 is 0 Å². The lowest BCUT2D eigenvalue weighted by molar-refractivity contribution is 0.102. The Bertz CT molecular complexity index is 1120. The molecule has 1 amide bonds. The number of amides is 1. The summed E-state index contributed by atoms with van der Waals surface area (Å²) < 4.78 is 28.2. The fourth-order valence-corrected chi connectivity index (χ4v) is 7.61. The molecule has 0 saturated carbocycles. The third-order valence-corrected chi connectivity index (χ3v) is 9.84. The molecule has 0 radical (unpaired) electrons. The number of anilines is 1. The average molecular weight is 477 g/mol.